The Morgan fingerprint density at radius 1 is 1.04 bits per heavy atom. The molecule has 0 bridgehead atoms. The molecule has 1 aromatic heterocycles. The second-order valence-electron chi connectivity index (χ2n) is 5.33. The lowest BCUT2D eigenvalue weighted by atomic mass is 10.1. The summed E-state index contributed by atoms with van der Waals surface area (Å²) >= 11 is 0. The van der Waals surface area contributed by atoms with Crippen LogP contribution in [-0.4, -0.2) is 16.1 Å². The molecule has 0 aliphatic heterocycles. The Balaban J connectivity index is 1.51. The Bertz CT molecular complexity index is 813. The molecule has 2 aromatic carbocycles. The molecular formula is C19H18N2O4. The summed E-state index contributed by atoms with van der Waals surface area (Å²) in [6, 6.07) is 16.6. The molecule has 3 rings (SSSR count). The van der Waals surface area contributed by atoms with E-state index in [0.29, 0.717) is 24.4 Å². The molecule has 0 spiro atoms. The van der Waals surface area contributed by atoms with E-state index in [1.165, 1.54) is 0 Å². The van der Waals surface area contributed by atoms with Crippen molar-refractivity contribution in [3.63, 3.8) is 0 Å². The standard InChI is InChI=1S/C19H18N2O4/c1-2-17-20-18(25-21-17)13-24-19(22)15-10-8-14(9-11-15)12-23-16-6-4-3-5-7-16/h3-11H,2,12-13H2,1H3. The maximum atomic E-state index is 12.0. The quantitative estimate of drug-likeness (QED) is 0.613. The molecule has 1 heterocycles. The van der Waals surface area contributed by atoms with E-state index in [2.05, 4.69) is 10.1 Å². The van der Waals surface area contributed by atoms with Crippen molar-refractivity contribution >= 4 is 5.97 Å². The summed E-state index contributed by atoms with van der Waals surface area (Å²) in [6.07, 6.45) is 0.671. The highest BCUT2D eigenvalue weighted by atomic mass is 16.6. The number of hydrogen-bond donors (Lipinski definition) is 0. The Labute approximate surface area is 145 Å². The third-order valence-electron chi connectivity index (χ3n) is 3.49. The van der Waals surface area contributed by atoms with E-state index >= 15 is 0 Å². The normalized spacial score (nSPS) is 10.4. The molecule has 3 aromatic rings. The highest BCUT2D eigenvalue weighted by Gasteiger charge is 2.11. The van der Waals surface area contributed by atoms with Crippen molar-refractivity contribution in [2.24, 2.45) is 0 Å². The van der Waals surface area contributed by atoms with Crippen LogP contribution in [-0.2, 0) is 24.4 Å². The number of carbonyl (C=O) groups excluding carboxylic acids is 1. The molecule has 0 fully saturated rings. The molecule has 0 N–H and O–H groups in total. The molecule has 0 unspecified atom stereocenters. The zero-order valence-corrected chi connectivity index (χ0v) is 13.8. The first-order valence-electron chi connectivity index (χ1n) is 8.00. The van der Waals surface area contributed by atoms with Gasteiger partial charge in [0.05, 0.1) is 5.56 Å². The summed E-state index contributed by atoms with van der Waals surface area (Å²) in [5.74, 6) is 1.25. The van der Waals surface area contributed by atoms with Crippen LogP contribution in [0.5, 0.6) is 5.75 Å². The Morgan fingerprint density at radius 2 is 1.80 bits per heavy atom. The van der Waals surface area contributed by atoms with Crippen LogP contribution in [0, 0.1) is 0 Å². The molecule has 25 heavy (non-hydrogen) atoms. The van der Waals surface area contributed by atoms with Crippen molar-refractivity contribution in [3.8, 4) is 5.75 Å². The molecule has 0 atom stereocenters. The predicted molar refractivity (Wildman–Crippen MR) is 90.0 cm³/mol. The topological polar surface area (TPSA) is 74.5 Å². The van der Waals surface area contributed by atoms with Crippen molar-refractivity contribution in [1.29, 1.82) is 0 Å². The molecule has 0 radical (unpaired) electrons. The Kier molecular flexibility index (Phi) is 5.41. The average Bonchev–Trinajstić information content (AvgIpc) is 3.14. The third kappa shape index (κ3) is 4.67. The lowest BCUT2D eigenvalue weighted by Crippen LogP contribution is -2.06. The van der Waals surface area contributed by atoms with Gasteiger partial charge in [-0.2, -0.15) is 4.98 Å². The number of aryl methyl sites for hydroxylation is 1. The first-order valence-corrected chi connectivity index (χ1v) is 8.00. The van der Waals surface area contributed by atoms with Crippen LogP contribution >= 0.6 is 0 Å². The zero-order chi connectivity index (χ0) is 17.5. The Morgan fingerprint density at radius 3 is 2.48 bits per heavy atom. The number of carbonyl (C=O) groups is 1. The number of hydrogen-bond acceptors (Lipinski definition) is 6. The fourth-order valence-electron chi connectivity index (χ4n) is 2.12. The third-order valence-corrected chi connectivity index (χ3v) is 3.49. The molecule has 0 aliphatic carbocycles. The summed E-state index contributed by atoms with van der Waals surface area (Å²) in [7, 11) is 0. The van der Waals surface area contributed by atoms with Crippen molar-refractivity contribution < 1.29 is 18.8 Å². The van der Waals surface area contributed by atoms with E-state index < -0.39 is 5.97 Å². The van der Waals surface area contributed by atoms with Gasteiger partial charge in [-0.05, 0) is 29.8 Å². The smallest absolute Gasteiger partial charge is 0.338 e. The number of nitrogens with zero attached hydrogens (tertiary/aromatic N) is 2. The van der Waals surface area contributed by atoms with E-state index in [0.717, 1.165) is 11.3 Å². The van der Waals surface area contributed by atoms with Crippen LogP contribution < -0.4 is 4.74 Å². The van der Waals surface area contributed by atoms with Gasteiger partial charge in [-0.1, -0.05) is 42.4 Å². The second kappa shape index (κ2) is 8.10. The van der Waals surface area contributed by atoms with Gasteiger partial charge in [0.2, 0.25) is 0 Å². The number of ether oxygens (including phenoxy) is 2. The summed E-state index contributed by atoms with van der Waals surface area (Å²) in [5, 5.41) is 3.75. The lowest BCUT2D eigenvalue weighted by Gasteiger charge is -2.07. The molecule has 6 heteroatoms. The summed E-state index contributed by atoms with van der Waals surface area (Å²) in [6.45, 7) is 2.32. The van der Waals surface area contributed by atoms with E-state index in [9.17, 15) is 4.79 Å². The van der Waals surface area contributed by atoms with Crippen molar-refractivity contribution in [1.82, 2.24) is 10.1 Å². The van der Waals surface area contributed by atoms with E-state index in [1.807, 2.05) is 49.4 Å². The summed E-state index contributed by atoms with van der Waals surface area (Å²) < 4.78 is 15.8. The van der Waals surface area contributed by atoms with Gasteiger partial charge in [0.15, 0.2) is 12.4 Å². The number of benzene rings is 2. The van der Waals surface area contributed by atoms with Crippen LogP contribution in [0.4, 0.5) is 0 Å². The van der Waals surface area contributed by atoms with Gasteiger partial charge < -0.3 is 14.0 Å². The number of rotatable bonds is 7. The van der Waals surface area contributed by atoms with E-state index in [-0.39, 0.29) is 12.5 Å². The minimum atomic E-state index is -0.438. The molecule has 6 nitrogen and oxygen atoms in total. The van der Waals surface area contributed by atoms with Crippen LogP contribution in [0.25, 0.3) is 0 Å². The van der Waals surface area contributed by atoms with Gasteiger partial charge in [-0.3, -0.25) is 0 Å². The predicted octanol–water partition coefficient (Wildman–Crippen LogP) is 3.57. The minimum Gasteiger partial charge on any atom is -0.489 e. The van der Waals surface area contributed by atoms with Gasteiger partial charge in [-0.15, -0.1) is 0 Å². The first-order chi connectivity index (χ1) is 12.2. The summed E-state index contributed by atoms with van der Waals surface area (Å²) in [5.41, 5.74) is 1.42. The largest absolute Gasteiger partial charge is 0.489 e. The monoisotopic (exact) mass is 338 g/mol. The fourth-order valence-corrected chi connectivity index (χ4v) is 2.12. The van der Waals surface area contributed by atoms with Crippen molar-refractivity contribution in [2.45, 2.75) is 26.6 Å². The molecular weight excluding hydrogens is 320 g/mol. The van der Waals surface area contributed by atoms with Gasteiger partial charge >= 0.3 is 5.97 Å². The maximum absolute atomic E-state index is 12.0. The van der Waals surface area contributed by atoms with Crippen LogP contribution in [0.1, 0.15) is 34.6 Å². The molecule has 0 aliphatic rings. The van der Waals surface area contributed by atoms with Crippen LogP contribution in [0.2, 0.25) is 0 Å². The Hall–Kier alpha value is -3.15. The molecule has 0 saturated carbocycles. The number of para-hydroxylation sites is 1. The SMILES string of the molecule is CCc1noc(COC(=O)c2ccc(COc3ccccc3)cc2)n1. The minimum absolute atomic E-state index is 0.0370. The molecule has 128 valence electrons. The van der Waals surface area contributed by atoms with Gasteiger partial charge in [0, 0.05) is 6.42 Å². The average molecular weight is 338 g/mol. The number of esters is 1. The molecule has 0 saturated heterocycles. The van der Waals surface area contributed by atoms with Gasteiger partial charge in [0.25, 0.3) is 5.89 Å². The second-order valence-corrected chi connectivity index (χ2v) is 5.33. The van der Waals surface area contributed by atoms with E-state index in [1.54, 1.807) is 12.1 Å². The van der Waals surface area contributed by atoms with Gasteiger partial charge in [-0.25, -0.2) is 4.79 Å². The lowest BCUT2D eigenvalue weighted by molar-refractivity contribution is 0.0429. The van der Waals surface area contributed by atoms with Crippen molar-refractivity contribution in [2.75, 3.05) is 0 Å². The summed E-state index contributed by atoms with van der Waals surface area (Å²) in [4.78, 5) is 16.1. The first kappa shape index (κ1) is 16.7. The maximum Gasteiger partial charge on any atom is 0.338 e. The van der Waals surface area contributed by atoms with E-state index in [4.69, 9.17) is 14.0 Å². The highest BCUT2D eigenvalue weighted by molar-refractivity contribution is 5.89. The van der Waals surface area contributed by atoms with Gasteiger partial charge in [0.1, 0.15) is 12.4 Å². The zero-order valence-electron chi connectivity index (χ0n) is 13.8. The highest BCUT2D eigenvalue weighted by Crippen LogP contribution is 2.13. The molecule has 0 amide bonds. The van der Waals surface area contributed by atoms with Crippen LogP contribution in [0.3, 0.4) is 0 Å². The number of aromatic nitrogens is 2. The van der Waals surface area contributed by atoms with Crippen molar-refractivity contribution in [3.05, 3.63) is 77.4 Å². The fraction of sp³-hybridized carbons (Fsp3) is 0.211. The van der Waals surface area contributed by atoms with Crippen LogP contribution in [0.15, 0.2) is 59.1 Å².